The predicted octanol–water partition coefficient (Wildman–Crippen LogP) is 0.854. The first-order valence-electron chi connectivity index (χ1n) is 4.64. The van der Waals surface area contributed by atoms with Crippen molar-refractivity contribution in [2.75, 3.05) is 24.5 Å². The number of piperazine rings is 1. The number of rotatable bonds is 1. The van der Waals surface area contributed by atoms with Gasteiger partial charge in [-0.2, -0.15) is 0 Å². The van der Waals surface area contributed by atoms with Crippen molar-refractivity contribution in [1.82, 2.24) is 4.90 Å². The van der Waals surface area contributed by atoms with E-state index >= 15 is 0 Å². The third-order valence-corrected chi connectivity index (χ3v) is 2.85. The van der Waals surface area contributed by atoms with Crippen molar-refractivity contribution in [3.05, 3.63) is 24.3 Å². The van der Waals surface area contributed by atoms with E-state index in [1.165, 1.54) is 18.8 Å². The van der Waals surface area contributed by atoms with Crippen LogP contribution in [0.3, 0.4) is 0 Å². The first-order valence-corrected chi connectivity index (χ1v) is 4.64. The molecule has 0 spiro atoms. The van der Waals surface area contributed by atoms with Gasteiger partial charge in [0, 0.05) is 25.3 Å². The van der Waals surface area contributed by atoms with Crippen molar-refractivity contribution in [2.24, 2.45) is 0 Å². The normalized spacial score (nSPS) is 30.3. The lowest BCUT2D eigenvalue weighted by atomic mass is 10.2. The van der Waals surface area contributed by atoms with Crippen molar-refractivity contribution in [2.45, 2.75) is 6.17 Å². The van der Waals surface area contributed by atoms with Crippen LogP contribution in [0, 0.1) is 0 Å². The highest BCUT2D eigenvalue weighted by atomic mass is 16.3. The second-order valence-corrected chi connectivity index (χ2v) is 3.69. The Balaban J connectivity index is 1.87. The molecule has 3 heteroatoms. The molecule has 3 rings (SSSR count). The van der Waals surface area contributed by atoms with Crippen molar-refractivity contribution in [3.8, 4) is 5.75 Å². The molecule has 13 heavy (non-hydrogen) atoms. The maximum absolute atomic E-state index is 9.15. The summed E-state index contributed by atoms with van der Waals surface area (Å²) in [5, 5.41) is 9.15. The first kappa shape index (κ1) is 7.21. The molecule has 2 atom stereocenters. The third-order valence-electron chi connectivity index (χ3n) is 2.85. The molecule has 1 aromatic rings. The largest absolute Gasteiger partial charge is 0.508 e. The molecule has 2 saturated heterocycles. The number of hydrogen-bond donors (Lipinski definition) is 1. The minimum absolute atomic E-state index is 0.343. The molecule has 2 aliphatic rings. The van der Waals surface area contributed by atoms with E-state index in [0.29, 0.717) is 11.9 Å². The molecule has 0 radical (unpaired) electrons. The highest BCUT2D eigenvalue weighted by Crippen LogP contribution is 2.32. The molecule has 2 heterocycles. The molecule has 0 aliphatic carbocycles. The van der Waals surface area contributed by atoms with Gasteiger partial charge in [-0.15, -0.1) is 0 Å². The summed E-state index contributed by atoms with van der Waals surface area (Å²) in [7, 11) is 0. The molecule has 0 bridgehead atoms. The van der Waals surface area contributed by atoms with Gasteiger partial charge in [0.15, 0.2) is 0 Å². The van der Waals surface area contributed by atoms with Gasteiger partial charge in [0.1, 0.15) is 5.75 Å². The molecule has 0 saturated carbocycles. The minimum atomic E-state index is 0.343. The van der Waals surface area contributed by atoms with E-state index < -0.39 is 0 Å². The summed E-state index contributed by atoms with van der Waals surface area (Å²) in [4.78, 5) is 4.83. The Bertz CT molecular complexity index is 322. The summed E-state index contributed by atoms with van der Waals surface area (Å²) in [5.74, 6) is 0.343. The first-order chi connectivity index (χ1) is 6.34. The van der Waals surface area contributed by atoms with Gasteiger partial charge in [-0.05, 0) is 24.3 Å². The Morgan fingerprint density at radius 1 is 1.15 bits per heavy atom. The lowest BCUT2D eigenvalue weighted by Gasteiger charge is -2.18. The Labute approximate surface area is 77.2 Å². The molecule has 3 nitrogen and oxygen atoms in total. The summed E-state index contributed by atoms with van der Waals surface area (Å²) < 4.78 is 0. The Hall–Kier alpha value is -1.22. The lowest BCUT2D eigenvalue weighted by Crippen LogP contribution is -2.23. The number of fused-ring (bicyclic) bond motifs is 1. The van der Waals surface area contributed by atoms with Gasteiger partial charge in [-0.1, -0.05) is 0 Å². The number of phenolic OH excluding ortho intramolecular Hbond substituents is 1. The monoisotopic (exact) mass is 176 g/mol. The fourth-order valence-corrected chi connectivity index (χ4v) is 2.03. The summed E-state index contributed by atoms with van der Waals surface area (Å²) >= 11 is 0. The second-order valence-electron chi connectivity index (χ2n) is 3.69. The van der Waals surface area contributed by atoms with Crippen LogP contribution in [0.25, 0.3) is 0 Å². The second kappa shape index (κ2) is 2.39. The van der Waals surface area contributed by atoms with Crippen molar-refractivity contribution in [1.29, 1.82) is 0 Å². The third kappa shape index (κ3) is 1.08. The number of benzene rings is 1. The van der Waals surface area contributed by atoms with E-state index in [9.17, 15) is 0 Å². The number of hydrogen-bond acceptors (Lipinski definition) is 3. The van der Waals surface area contributed by atoms with E-state index in [1.54, 1.807) is 12.1 Å². The zero-order chi connectivity index (χ0) is 8.84. The van der Waals surface area contributed by atoms with E-state index in [-0.39, 0.29) is 0 Å². The molecule has 1 N–H and O–H groups in total. The number of nitrogens with zero attached hydrogens (tertiary/aromatic N) is 2. The maximum Gasteiger partial charge on any atom is 0.115 e. The molecule has 2 aliphatic heterocycles. The molecule has 0 aromatic heterocycles. The molecule has 68 valence electrons. The highest BCUT2D eigenvalue weighted by molar-refractivity contribution is 5.52. The zero-order valence-corrected chi connectivity index (χ0v) is 7.35. The Morgan fingerprint density at radius 2 is 1.92 bits per heavy atom. The molecule has 2 unspecified atom stereocenters. The van der Waals surface area contributed by atoms with E-state index in [4.69, 9.17) is 5.11 Å². The van der Waals surface area contributed by atoms with Gasteiger partial charge in [-0.25, -0.2) is 0 Å². The SMILES string of the molecule is Oc1ccc(N2CCN3CC32)cc1. The van der Waals surface area contributed by atoms with Crippen LogP contribution in [0.15, 0.2) is 24.3 Å². The summed E-state index contributed by atoms with van der Waals surface area (Å²) in [5.41, 5.74) is 1.22. The lowest BCUT2D eigenvalue weighted by molar-refractivity contribution is 0.475. The zero-order valence-electron chi connectivity index (χ0n) is 7.35. The van der Waals surface area contributed by atoms with Gasteiger partial charge in [0.2, 0.25) is 0 Å². The van der Waals surface area contributed by atoms with Crippen LogP contribution in [-0.4, -0.2) is 35.8 Å². The van der Waals surface area contributed by atoms with Gasteiger partial charge < -0.3 is 10.0 Å². The standard InChI is InChI=1S/C10H12N2O/c13-9-3-1-8(2-4-9)12-6-5-11-7-10(11)12/h1-4,10,13H,5-7H2. The summed E-state index contributed by atoms with van der Waals surface area (Å²) in [6, 6.07) is 7.47. The number of aromatic hydroxyl groups is 1. The van der Waals surface area contributed by atoms with Crippen LogP contribution in [0.5, 0.6) is 5.75 Å². The van der Waals surface area contributed by atoms with Crippen molar-refractivity contribution >= 4 is 5.69 Å². The Kier molecular flexibility index (Phi) is 1.32. The van der Waals surface area contributed by atoms with E-state index in [2.05, 4.69) is 9.80 Å². The number of anilines is 1. The minimum Gasteiger partial charge on any atom is -0.508 e. The van der Waals surface area contributed by atoms with Gasteiger partial charge in [-0.3, -0.25) is 4.90 Å². The predicted molar refractivity (Wildman–Crippen MR) is 50.8 cm³/mol. The summed E-state index contributed by atoms with van der Waals surface area (Å²) in [6.07, 6.45) is 0.643. The van der Waals surface area contributed by atoms with Crippen LogP contribution in [0.1, 0.15) is 0 Å². The smallest absolute Gasteiger partial charge is 0.115 e. The van der Waals surface area contributed by atoms with Gasteiger partial charge in [0.25, 0.3) is 0 Å². The van der Waals surface area contributed by atoms with Crippen molar-refractivity contribution in [3.63, 3.8) is 0 Å². The fraction of sp³-hybridized carbons (Fsp3) is 0.400. The summed E-state index contributed by atoms with van der Waals surface area (Å²) in [6.45, 7) is 3.52. The average Bonchev–Trinajstić information content (AvgIpc) is 2.81. The quantitative estimate of drug-likeness (QED) is 0.643. The van der Waals surface area contributed by atoms with Crippen LogP contribution >= 0.6 is 0 Å². The highest BCUT2D eigenvalue weighted by Gasteiger charge is 2.44. The van der Waals surface area contributed by atoms with E-state index in [1.807, 2.05) is 12.1 Å². The topological polar surface area (TPSA) is 26.5 Å². The molecule has 1 aromatic carbocycles. The maximum atomic E-state index is 9.15. The van der Waals surface area contributed by atoms with Crippen LogP contribution < -0.4 is 4.90 Å². The van der Waals surface area contributed by atoms with Gasteiger partial charge >= 0.3 is 0 Å². The van der Waals surface area contributed by atoms with Crippen LogP contribution in [-0.2, 0) is 0 Å². The number of phenols is 1. The van der Waals surface area contributed by atoms with Crippen molar-refractivity contribution < 1.29 is 5.11 Å². The van der Waals surface area contributed by atoms with E-state index in [0.717, 1.165) is 6.54 Å². The fourth-order valence-electron chi connectivity index (χ4n) is 2.03. The molecular weight excluding hydrogens is 164 g/mol. The Morgan fingerprint density at radius 3 is 2.46 bits per heavy atom. The molecule has 0 amide bonds. The van der Waals surface area contributed by atoms with Gasteiger partial charge in [0.05, 0.1) is 6.17 Å². The van der Waals surface area contributed by atoms with Crippen LogP contribution in [0.2, 0.25) is 0 Å². The molecule has 2 fully saturated rings. The van der Waals surface area contributed by atoms with Crippen LogP contribution in [0.4, 0.5) is 5.69 Å². The molecular formula is C10H12N2O. The average molecular weight is 176 g/mol.